The third-order valence-electron chi connectivity index (χ3n) is 3.91. The lowest BCUT2D eigenvalue weighted by Crippen LogP contribution is -2.14. The van der Waals surface area contributed by atoms with E-state index in [0.717, 1.165) is 24.3 Å². The largest absolute Gasteiger partial charge is 0.366 e. The maximum atomic E-state index is 13.6. The van der Waals surface area contributed by atoms with Gasteiger partial charge in [-0.15, -0.1) is 0 Å². The van der Waals surface area contributed by atoms with Crippen LogP contribution in [-0.4, -0.2) is 39.8 Å². The predicted octanol–water partition coefficient (Wildman–Crippen LogP) is 5.99. The molecule has 0 aliphatic carbocycles. The van der Waals surface area contributed by atoms with Crippen LogP contribution in [0.1, 0.15) is 26.0 Å². The summed E-state index contributed by atoms with van der Waals surface area (Å²) in [4.78, 5) is 11.6. The molecule has 1 atom stereocenters. The van der Waals surface area contributed by atoms with Crippen molar-refractivity contribution < 1.29 is 4.21 Å². The Kier molecular flexibility index (Phi) is 7.82. The first-order valence-electron chi connectivity index (χ1n) is 8.71. The van der Waals surface area contributed by atoms with Crippen molar-refractivity contribution in [2.75, 3.05) is 19.3 Å². The van der Waals surface area contributed by atoms with Crippen molar-refractivity contribution in [2.45, 2.75) is 32.1 Å². The summed E-state index contributed by atoms with van der Waals surface area (Å²) < 4.78 is 18.8. The van der Waals surface area contributed by atoms with Crippen LogP contribution in [0.15, 0.2) is 49.1 Å². The molecule has 1 aromatic heterocycles. The summed E-state index contributed by atoms with van der Waals surface area (Å²) >= 11 is 9.47. The van der Waals surface area contributed by atoms with Crippen LogP contribution in [0.25, 0.3) is 0 Å². The zero-order valence-electron chi connectivity index (χ0n) is 15.9. The smallest absolute Gasteiger partial charge is 0.176 e. The Hall–Kier alpha value is -1.44. The molecule has 0 aliphatic heterocycles. The van der Waals surface area contributed by atoms with E-state index in [9.17, 15) is 4.21 Å². The summed E-state index contributed by atoms with van der Waals surface area (Å²) in [5.74, 6) is 0.868. The Balaban J connectivity index is 2.51. The Morgan fingerprint density at radius 1 is 1.30 bits per heavy atom. The predicted molar refractivity (Wildman–Crippen MR) is 118 cm³/mol. The second-order valence-electron chi connectivity index (χ2n) is 6.11. The van der Waals surface area contributed by atoms with Crippen molar-refractivity contribution in [3.8, 4) is 0 Å². The van der Waals surface area contributed by atoms with Crippen LogP contribution in [0.3, 0.4) is 0 Å². The van der Waals surface area contributed by atoms with Crippen LogP contribution in [0, 0.1) is 6.92 Å². The molecule has 1 heterocycles. The third-order valence-corrected chi connectivity index (χ3v) is 7.18. The van der Waals surface area contributed by atoms with E-state index in [1.54, 1.807) is 30.6 Å². The third kappa shape index (κ3) is 5.77. The molecule has 0 N–H and O–H groups in total. The molecule has 0 fully saturated rings. The van der Waals surface area contributed by atoms with Crippen LogP contribution in [0.4, 0.5) is 11.5 Å². The van der Waals surface area contributed by atoms with E-state index in [2.05, 4.69) is 37.2 Å². The average molecular weight is 472 g/mol. The van der Waals surface area contributed by atoms with Gasteiger partial charge in [0.2, 0.25) is 0 Å². The monoisotopic (exact) mass is 470 g/mol. The highest BCUT2D eigenvalue weighted by molar-refractivity contribution is 9.10. The number of halogens is 2. The van der Waals surface area contributed by atoms with E-state index in [1.165, 1.54) is 0 Å². The standard InChI is InChI=1S/C19H24BrClN4OS/c1-5-11-27(26,16-9-7-15(21)8-10-16)24-19-17(20)12-18(14(3)23-19)22-13-25(4)6-2/h7-10,12-13H,5-6,11H2,1-4H3. The summed E-state index contributed by atoms with van der Waals surface area (Å²) in [7, 11) is -0.687. The highest BCUT2D eigenvalue weighted by atomic mass is 79.9. The molecule has 2 rings (SSSR count). The van der Waals surface area contributed by atoms with Gasteiger partial charge in [-0.2, -0.15) is 4.36 Å². The van der Waals surface area contributed by atoms with Gasteiger partial charge in [-0.1, -0.05) is 18.5 Å². The van der Waals surface area contributed by atoms with Crippen LogP contribution < -0.4 is 0 Å². The van der Waals surface area contributed by atoms with Crippen molar-refractivity contribution in [3.63, 3.8) is 0 Å². The lowest BCUT2D eigenvalue weighted by atomic mass is 10.3. The summed E-state index contributed by atoms with van der Waals surface area (Å²) in [6, 6.07) is 8.86. The van der Waals surface area contributed by atoms with Crippen LogP contribution in [-0.2, 0) is 9.73 Å². The molecule has 1 aromatic carbocycles. The SMILES string of the molecule is CCCS(=O)(=Nc1nc(C)c(N=CN(C)CC)cc1Br)c1ccc(Cl)cc1. The molecule has 1 unspecified atom stereocenters. The fraction of sp³-hybridized carbons (Fsp3) is 0.368. The zero-order valence-corrected chi connectivity index (χ0v) is 19.1. The number of hydrogen-bond donors (Lipinski definition) is 0. The number of hydrogen-bond acceptors (Lipinski definition) is 4. The first kappa shape index (κ1) is 21.9. The van der Waals surface area contributed by atoms with E-state index in [4.69, 9.17) is 11.6 Å². The van der Waals surface area contributed by atoms with Gasteiger partial charge in [-0.05, 0) is 66.5 Å². The highest BCUT2D eigenvalue weighted by Crippen LogP contribution is 2.32. The van der Waals surface area contributed by atoms with Crippen LogP contribution in [0.2, 0.25) is 5.02 Å². The number of rotatable bonds is 7. The summed E-state index contributed by atoms with van der Waals surface area (Å²) in [6.45, 7) is 6.77. The minimum absolute atomic E-state index is 0.420. The first-order valence-corrected chi connectivity index (χ1v) is 11.6. The first-order chi connectivity index (χ1) is 12.8. The maximum absolute atomic E-state index is 13.6. The van der Waals surface area contributed by atoms with Gasteiger partial charge in [0.05, 0.1) is 31.9 Å². The maximum Gasteiger partial charge on any atom is 0.176 e. The number of pyridine rings is 1. The number of benzene rings is 1. The van der Waals surface area contributed by atoms with Crippen molar-refractivity contribution in [2.24, 2.45) is 9.36 Å². The molecular formula is C19H24BrClN4OS. The zero-order chi connectivity index (χ0) is 20.0. The van der Waals surface area contributed by atoms with Gasteiger partial charge in [-0.25, -0.2) is 14.2 Å². The van der Waals surface area contributed by atoms with Crippen molar-refractivity contribution in [1.82, 2.24) is 9.88 Å². The van der Waals surface area contributed by atoms with E-state index < -0.39 is 9.73 Å². The average Bonchev–Trinajstić information content (AvgIpc) is 2.63. The Morgan fingerprint density at radius 3 is 2.56 bits per heavy atom. The minimum Gasteiger partial charge on any atom is -0.366 e. The molecule has 0 aliphatic rings. The van der Waals surface area contributed by atoms with Crippen molar-refractivity contribution in [3.05, 3.63) is 45.5 Å². The second kappa shape index (κ2) is 9.66. The Bertz CT molecular complexity index is 937. The molecule has 0 spiro atoms. The fourth-order valence-electron chi connectivity index (χ4n) is 2.28. The van der Waals surface area contributed by atoms with Crippen LogP contribution in [0.5, 0.6) is 0 Å². The summed E-state index contributed by atoms with van der Waals surface area (Å²) in [6.07, 6.45) is 2.51. The Labute approximate surface area is 175 Å². The van der Waals surface area contributed by atoms with E-state index in [-0.39, 0.29) is 0 Å². The van der Waals surface area contributed by atoms with Gasteiger partial charge in [0.1, 0.15) is 0 Å². The normalized spacial score (nSPS) is 13.6. The van der Waals surface area contributed by atoms with Gasteiger partial charge in [0, 0.05) is 29.3 Å². The fourth-order valence-corrected chi connectivity index (χ4v) is 4.88. The van der Waals surface area contributed by atoms with E-state index >= 15 is 0 Å². The molecule has 146 valence electrons. The summed E-state index contributed by atoms with van der Waals surface area (Å²) in [5.41, 5.74) is 1.47. The number of aryl methyl sites for hydroxylation is 1. The second-order valence-corrected chi connectivity index (χ2v) is 9.74. The molecule has 8 heteroatoms. The number of nitrogens with zero attached hydrogens (tertiary/aromatic N) is 4. The number of aliphatic imine (C=N–C) groups is 1. The van der Waals surface area contributed by atoms with Gasteiger partial charge < -0.3 is 4.90 Å². The van der Waals surface area contributed by atoms with Gasteiger partial charge >= 0.3 is 0 Å². The number of aromatic nitrogens is 1. The molecule has 0 bridgehead atoms. The quantitative estimate of drug-likeness (QED) is 0.368. The van der Waals surface area contributed by atoms with Crippen LogP contribution >= 0.6 is 27.5 Å². The molecule has 0 amide bonds. The molecular weight excluding hydrogens is 448 g/mol. The van der Waals surface area contributed by atoms with Crippen molar-refractivity contribution in [1.29, 1.82) is 0 Å². The van der Waals surface area contributed by atoms with Crippen molar-refractivity contribution >= 4 is 55.1 Å². The molecule has 0 saturated carbocycles. The minimum atomic E-state index is -2.64. The topological polar surface area (TPSA) is 57.9 Å². The molecule has 2 aromatic rings. The van der Waals surface area contributed by atoms with E-state index in [1.807, 2.05) is 31.9 Å². The summed E-state index contributed by atoms with van der Waals surface area (Å²) in [5, 5.41) is 0.603. The van der Waals surface area contributed by atoms with Gasteiger partial charge in [0.25, 0.3) is 0 Å². The lowest BCUT2D eigenvalue weighted by Gasteiger charge is -2.12. The molecule has 5 nitrogen and oxygen atoms in total. The highest BCUT2D eigenvalue weighted by Gasteiger charge is 2.15. The lowest BCUT2D eigenvalue weighted by molar-refractivity contribution is 0.552. The van der Waals surface area contributed by atoms with Gasteiger partial charge in [-0.3, -0.25) is 0 Å². The molecule has 0 radical (unpaired) electrons. The molecule has 0 saturated heterocycles. The Morgan fingerprint density at radius 2 is 1.96 bits per heavy atom. The molecule has 27 heavy (non-hydrogen) atoms. The van der Waals surface area contributed by atoms with E-state index in [0.29, 0.717) is 26.0 Å². The van der Waals surface area contributed by atoms with Gasteiger partial charge in [0.15, 0.2) is 5.82 Å².